The zero-order valence-electron chi connectivity index (χ0n) is 16.5. The highest BCUT2D eigenvalue weighted by Crippen LogP contribution is 2.23. The number of nitrogens with zero attached hydrogens (tertiary/aromatic N) is 1. The van der Waals surface area contributed by atoms with Crippen molar-refractivity contribution < 1.29 is 31.1 Å². The van der Waals surface area contributed by atoms with Crippen LogP contribution in [0.5, 0.6) is 5.75 Å². The minimum atomic E-state index is -4.34. The maximum atomic E-state index is 13.9. The van der Waals surface area contributed by atoms with E-state index in [9.17, 15) is 32.1 Å². The van der Waals surface area contributed by atoms with E-state index >= 15 is 0 Å². The van der Waals surface area contributed by atoms with E-state index in [1.165, 1.54) is 43.3 Å². The van der Waals surface area contributed by atoms with Gasteiger partial charge in [0.05, 0.1) is 11.0 Å². The van der Waals surface area contributed by atoms with Gasteiger partial charge in [0.2, 0.25) is 0 Å². The maximum Gasteiger partial charge on any atom is 0.339 e. The Bertz CT molecular complexity index is 1280. The molecule has 0 aromatic heterocycles. The number of non-ortho nitro benzene ring substituents is 1. The third kappa shape index (κ3) is 5.24. The van der Waals surface area contributed by atoms with Crippen LogP contribution in [0, 0.1) is 21.7 Å². The van der Waals surface area contributed by atoms with Crippen molar-refractivity contribution in [1.82, 2.24) is 5.32 Å². The lowest BCUT2D eigenvalue weighted by Crippen LogP contribution is -2.27. The Morgan fingerprint density at radius 2 is 1.75 bits per heavy atom. The summed E-state index contributed by atoms with van der Waals surface area (Å²) in [7, 11) is -4.34. The fourth-order valence-corrected chi connectivity index (χ4v) is 3.77. The fraction of sp³-hybridized carbons (Fsp3) is 0.0952. The molecule has 0 radical (unpaired) electrons. The molecule has 1 atom stereocenters. The Hall–Kier alpha value is -3.86. The number of halogens is 2. The Morgan fingerprint density at radius 1 is 1.06 bits per heavy atom. The standard InChI is InChI=1S/C21H16F2N2O6S/c1-13(19-10-7-15(22)11-20(19)23)24-21(26)14-5-8-17(9-6-14)31-32(29,30)18-4-2-3-16(12-18)25(27)28/h2-13H,1H3,(H,24,26). The van der Waals surface area contributed by atoms with E-state index in [-0.39, 0.29) is 16.9 Å². The molecule has 0 saturated carbocycles. The lowest BCUT2D eigenvalue weighted by atomic mass is 10.1. The predicted octanol–water partition coefficient (Wildman–Crippen LogP) is 4.13. The molecule has 11 heteroatoms. The third-order valence-electron chi connectivity index (χ3n) is 4.42. The van der Waals surface area contributed by atoms with Gasteiger partial charge in [-0.2, -0.15) is 8.42 Å². The summed E-state index contributed by atoms with van der Waals surface area (Å²) >= 11 is 0. The number of hydrogen-bond acceptors (Lipinski definition) is 6. The summed E-state index contributed by atoms with van der Waals surface area (Å²) in [4.78, 5) is 22.1. The summed E-state index contributed by atoms with van der Waals surface area (Å²) in [6.45, 7) is 1.53. The molecular formula is C21H16F2N2O6S. The van der Waals surface area contributed by atoms with Gasteiger partial charge in [-0.15, -0.1) is 0 Å². The van der Waals surface area contributed by atoms with Crippen molar-refractivity contribution in [2.24, 2.45) is 0 Å². The number of hydrogen-bond donors (Lipinski definition) is 1. The minimum Gasteiger partial charge on any atom is -0.379 e. The monoisotopic (exact) mass is 462 g/mol. The third-order valence-corrected chi connectivity index (χ3v) is 5.66. The summed E-state index contributed by atoms with van der Waals surface area (Å²) in [6.07, 6.45) is 0. The van der Waals surface area contributed by atoms with Gasteiger partial charge in [-0.05, 0) is 43.3 Å². The van der Waals surface area contributed by atoms with Crippen LogP contribution >= 0.6 is 0 Å². The molecule has 0 heterocycles. The second-order valence-electron chi connectivity index (χ2n) is 6.68. The van der Waals surface area contributed by atoms with Crippen LogP contribution in [0.15, 0.2) is 71.6 Å². The smallest absolute Gasteiger partial charge is 0.339 e. The molecule has 0 saturated heterocycles. The molecule has 1 N–H and O–H groups in total. The zero-order chi connectivity index (χ0) is 23.5. The molecule has 0 spiro atoms. The van der Waals surface area contributed by atoms with E-state index in [1.54, 1.807) is 0 Å². The molecule has 32 heavy (non-hydrogen) atoms. The number of nitro groups is 1. The Balaban J connectivity index is 1.71. The second kappa shape index (κ2) is 9.10. The summed E-state index contributed by atoms with van der Waals surface area (Å²) < 4.78 is 56.6. The lowest BCUT2D eigenvalue weighted by Gasteiger charge is -2.15. The number of nitro benzene ring substituents is 1. The van der Waals surface area contributed by atoms with Gasteiger partial charge in [-0.25, -0.2) is 8.78 Å². The number of carbonyl (C=O) groups is 1. The van der Waals surface area contributed by atoms with Crippen LogP contribution < -0.4 is 9.50 Å². The van der Waals surface area contributed by atoms with Crippen molar-refractivity contribution in [3.8, 4) is 5.75 Å². The number of amides is 1. The highest BCUT2D eigenvalue weighted by atomic mass is 32.2. The highest BCUT2D eigenvalue weighted by Gasteiger charge is 2.20. The van der Waals surface area contributed by atoms with Crippen LogP contribution in [-0.2, 0) is 10.1 Å². The van der Waals surface area contributed by atoms with Crippen molar-refractivity contribution in [3.63, 3.8) is 0 Å². The number of carbonyl (C=O) groups excluding carboxylic acids is 1. The van der Waals surface area contributed by atoms with Crippen LogP contribution in [0.3, 0.4) is 0 Å². The van der Waals surface area contributed by atoms with Crippen LogP contribution in [0.4, 0.5) is 14.5 Å². The van der Waals surface area contributed by atoms with E-state index in [0.29, 0.717) is 6.07 Å². The summed E-state index contributed by atoms with van der Waals surface area (Å²) in [5, 5.41) is 13.4. The van der Waals surface area contributed by atoms with Crippen molar-refractivity contribution in [3.05, 3.63) is 99.6 Å². The molecule has 3 aromatic rings. The molecule has 0 bridgehead atoms. The molecule has 8 nitrogen and oxygen atoms in total. The van der Waals surface area contributed by atoms with E-state index < -0.39 is 49.2 Å². The first-order chi connectivity index (χ1) is 15.1. The first kappa shape index (κ1) is 22.8. The van der Waals surface area contributed by atoms with E-state index in [2.05, 4.69) is 5.32 Å². The minimum absolute atomic E-state index is 0.0998. The van der Waals surface area contributed by atoms with Crippen LogP contribution in [0.2, 0.25) is 0 Å². The van der Waals surface area contributed by atoms with Crippen molar-refractivity contribution in [1.29, 1.82) is 0 Å². The fourth-order valence-electron chi connectivity index (χ4n) is 2.80. The first-order valence-electron chi connectivity index (χ1n) is 9.11. The van der Waals surface area contributed by atoms with Gasteiger partial charge in [0.1, 0.15) is 22.3 Å². The van der Waals surface area contributed by atoms with E-state index in [0.717, 1.165) is 24.3 Å². The molecule has 166 valence electrons. The summed E-state index contributed by atoms with van der Waals surface area (Å²) in [5.74, 6) is -2.23. The summed E-state index contributed by atoms with van der Waals surface area (Å²) in [5.41, 5.74) is -0.171. The maximum absolute atomic E-state index is 13.9. The molecule has 0 fully saturated rings. The average molecular weight is 462 g/mol. The van der Waals surface area contributed by atoms with E-state index in [4.69, 9.17) is 4.18 Å². The molecule has 1 unspecified atom stereocenters. The van der Waals surface area contributed by atoms with E-state index in [1.807, 2.05) is 0 Å². The Morgan fingerprint density at radius 3 is 2.38 bits per heavy atom. The van der Waals surface area contributed by atoms with Crippen molar-refractivity contribution in [2.45, 2.75) is 17.9 Å². The average Bonchev–Trinajstić information content (AvgIpc) is 2.74. The quantitative estimate of drug-likeness (QED) is 0.321. The lowest BCUT2D eigenvalue weighted by molar-refractivity contribution is -0.385. The molecule has 0 aliphatic heterocycles. The van der Waals surface area contributed by atoms with Crippen LogP contribution in [-0.4, -0.2) is 19.2 Å². The molecule has 0 aliphatic carbocycles. The Labute approximate surface area is 181 Å². The van der Waals surface area contributed by atoms with Gasteiger partial charge in [0, 0.05) is 29.3 Å². The van der Waals surface area contributed by atoms with Crippen molar-refractivity contribution in [2.75, 3.05) is 0 Å². The number of nitrogens with one attached hydrogen (secondary N) is 1. The Kier molecular flexibility index (Phi) is 6.49. The molecule has 0 aliphatic rings. The topological polar surface area (TPSA) is 116 Å². The van der Waals surface area contributed by atoms with Crippen LogP contribution in [0.25, 0.3) is 0 Å². The van der Waals surface area contributed by atoms with Crippen molar-refractivity contribution >= 4 is 21.7 Å². The zero-order valence-corrected chi connectivity index (χ0v) is 17.3. The number of benzene rings is 3. The second-order valence-corrected chi connectivity index (χ2v) is 8.22. The van der Waals surface area contributed by atoms with Gasteiger partial charge in [0.15, 0.2) is 0 Å². The van der Waals surface area contributed by atoms with Gasteiger partial charge in [0.25, 0.3) is 11.6 Å². The predicted molar refractivity (Wildman–Crippen MR) is 110 cm³/mol. The SMILES string of the molecule is CC(NC(=O)c1ccc(OS(=O)(=O)c2cccc([N+](=O)[O-])c2)cc1)c1ccc(F)cc1F. The van der Waals surface area contributed by atoms with Gasteiger partial charge in [-0.1, -0.05) is 12.1 Å². The highest BCUT2D eigenvalue weighted by molar-refractivity contribution is 7.87. The number of rotatable bonds is 7. The molecular weight excluding hydrogens is 446 g/mol. The molecule has 3 rings (SSSR count). The summed E-state index contributed by atoms with van der Waals surface area (Å²) in [6, 6.07) is 11.7. The van der Waals surface area contributed by atoms with Gasteiger partial charge in [-0.3, -0.25) is 14.9 Å². The molecule has 1 amide bonds. The van der Waals surface area contributed by atoms with Gasteiger partial charge < -0.3 is 9.50 Å². The largest absolute Gasteiger partial charge is 0.379 e. The normalized spacial score (nSPS) is 12.1. The first-order valence-corrected chi connectivity index (χ1v) is 10.5. The van der Waals surface area contributed by atoms with Crippen LogP contribution in [0.1, 0.15) is 28.9 Å². The van der Waals surface area contributed by atoms with Gasteiger partial charge >= 0.3 is 10.1 Å². The molecule has 3 aromatic carbocycles.